The number of furan rings is 1. The zero-order chi connectivity index (χ0) is 10.6. The number of nitrogens with two attached hydrogens (primary N) is 1. The Morgan fingerprint density at radius 3 is 2.64 bits per heavy atom. The molecule has 6 heteroatoms. The van der Waals surface area contributed by atoms with E-state index in [1.54, 1.807) is 6.07 Å². The summed E-state index contributed by atoms with van der Waals surface area (Å²) < 4.78 is 5.12. The van der Waals surface area contributed by atoms with Gasteiger partial charge in [-0.2, -0.15) is 0 Å². The van der Waals surface area contributed by atoms with Gasteiger partial charge in [0.25, 0.3) is 0 Å². The van der Waals surface area contributed by atoms with Crippen LogP contribution in [0, 0.1) is 0 Å². The average Bonchev–Trinajstić information content (AvgIpc) is 2.62. The fourth-order valence-corrected chi connectivity index (χ4v) is 0.870. The molecular weight excluding hydrogens is 186 g/mol. The molecule has 0 aliphatic carbocycles. The molecule has 76 valence electrons. The molecule has 0 unspecified atom stereocenters. The number of urea groups is 1. The molecule has 3 amide bonds. The van der Waals surface area contributed by atoms with E-state index in [9.17, 15) is 9.59 Å². The van der Waals surface area contributed by atoms with Crippen LogP contribution < -0.4 is 16.6 Å². The normalized spacial score (nSPS) is 9.50. The van der Waals surface area contributed by atoms with Gasteiger partial charge in [-0.15, -0.1) is 0 Å². The van der Waals surface area contributed by atoms with Gasteiger partial charge in [0.05, 0.1) is 0 Å². The SMILES string of the molecule is CCc1ccc(C(=O)NNC(N)=O)o1. The van der Waals surface area contributed by atoms with E-state index in [1.807, 2.05) is 12.3 Å². The lowest BCUT2D eigenvalue weighted by Crippen LogP contribution is -2.44. The number of hydrogen-bond donors (Lipinski definition) is 3. The summed E-state index contributed by atoms with van der Waals surface area (Å²) in [6.45, 7) is 1.90. The number of aryl methyl sites for hydroxylation is 1. The first-order valence-corrected chi connectivity index (χ1v) is 4.08. The quantitative estimate of drug-likeness (QED) is 0.589. The van der Waals surface area contributed by atoms with E-state index in [1.165, 1.54) is 6.07 Å². The van der Waals surface area contributed by atoms with Crippen molar-refractivity contribution in [3.8, 4) is 0 Å². The second kappa shape index (κ2) is 4.31. The minimum absolute atomic E-state index is 0.135. The molecule has 1 aromatic rings. The van der Waals surface area contributed by atoms with Crippen molar-refractivity contribution in [1.82, 2.24) is 10.9 Å². The van der Waals surface area contributed by atoms with Crippen LogP contribution in [0.4, 0.5) is 4.79 Å². The summed E-state index contributed by atoms with van der Waals surface area (Å²) in [5, 5.41) is 0. The van der Waals surface area contributed by atoms with Crippen LogP contribution in [0.3, 0.4) is 0 Å². The van der Waals surface area contributed by atoms with Gasteiger partial charge in [-0.3, -0.25) is 10.2 Å². The highest BCUT2D eigenvalue weighted by atomic mass is 16.4. The fourth-order valence-electron chi connectivity index (χ4n) is 0.870. The van der Waals surface area contributed by atoms with Crippen molar-refractivity contribution in [2.75, 3.05) is 0 Å². The van der Waals surface area contributed by atoms with Crippen molar-refractivity contribution >= 4 is 11.9 Å². The summed E-state index contributed by atoms with van der Waals surface area (Å²) in [5.74, 6) is 0.299. The maximum absolute atomic E-state index is 11.2. The number of carbonyl (C=O) groups excluding carboxylic acids is 2. The second-order valence-corrected chi connectivity index (χ2v) is 2.56. The van der Waals surface area contributed by atoms with Crippen LogP contribution in [0.5, 0.6) is 0 Å². The van der Waals surface area contributed by atoms with Crippen LogP contribution in [0.1, 0.15) is 23.2 Å². The first-order chi connectivity index (χ1) is 6.63. The molecule has 0 atom stereocenters. The van der Waals surface area contributed by atoms with Crippen LogP contribution in [-0.2, 0) is 6.42 Å². The third-order valence-corrected chi connectivity index (χ3v) is 1.53. The smallest absolute Gasteiger partial charge is 0.330 e. The molecule has 1 aromatic heterocycles. The summed E-state index contributed by atoms with van der Waals surface area (Å²) in [5.41, 5.74) is 8.78. The molecule has 0 aromatic carbocycles. The molecule has 1 heterocycles. The molecule has 0 aliphatic rings. The zero-order valence-electron chi connectivity index (χ0n) is 7.66. The summed E-state index contributed by atoms with van der Waals surface area (Å²) in [4.78, 5) is 21.5. The van der Waals surface area contributed by atoms with E-state index >= 15 is 0 Å². The monoisotopic (exact) mass is 197 g/mol. The number of rotatable bonds is 2. The lowest BCUT2D eigenvalue weighted by Gasteiger charge is -2.01. The number of primary amides is 1. The minimum atomic E-state index is -0.833. The fraction of sp³-hybridized carbons (Fsp3) is 0.250. The number of hydrazine groups is 1. The van der Waals surface area contributed by atoms with E-state index in [2.05, 4.69) is 5.43 Å². The number of carbonyl (C=O) groups is 2. The molecule has 0 radical (unpaired) electrons. The summed E-state index contributed by atoms with van der Waals surface area (Å²) in [6.07, 6.45) is 0.705. The van der Waals surface area contributed by atoms with Crippen LogP contribution in [0.2, 0.25) is 0 Å². The van der Waals surface area contributed by atoms with Gasteiger partial charge in [-0.25, -0.2) is 10.2 Å². The van der Waals surface area contributed by atoms with Gasteiger partial charge in [0.2, 0.25) is 0 Å². The maximum atomic E-state index is 11.2. The largest absolute Gasteiger partial charge is 0.456 e. The van der Waals surface area contributed by atoms with E-state index in [-0.39, 0.29) is 5.76 Å². The Labute approximate surface area is 80.4 Å². The first kappa shape index (κ1) is 10.1. The Bertz CT molecular complexity index is 345. The Morgan fingerprint density at radius 1 is 1.43 bits per heavy atom. The molecule has 0 saturated carbocycles. The Kier molecular flexibility index (Phi) is 3.11. The Balaban J connectivity index is 2.56. The van der Waals surface area contributed by atoms with Crippen LogP contribution >= 0.6 is 0 Å². The molecular formula is C8H11N3O3. The Morgan fingerprint density at radius 2 is 2.14 bits per heavy atom. The van der Waals surface area contributed by atoms with E-state index in [4.69, 9.17) is 10.2 Å². The van der Waals surface area contributed by atoms with E-state index in [0.29, 0.717) is 12.2 Å². The van der Waals surface area contributed by atoms with Crippen molar-refractivity contribution in [2.45, 2.75) is 13.3 Å². The van der Waals surface area contributed by atoms with Crippen LogP contribution in [-0.4, -0.2) is 11.9 Å². The zero-order valence-corrected chi connectivity index (χ0v) is 7.66. The molecule has 14 heavy (non-hydrogen) atoms. The van der Waals surface area contributed by atoms with Crippen LogP contribution in [0.25, 0.3) is 0 Å². The van der Waals surface area contributed by atoms with Crippen molar-refractivity contribution in [2.24, 2.45) is 5.73 Å². The molecule has 4 N–H and O–H groups in total. The third-order valence-electron chi connectivity index (χ3n) is 1.53. The second-order valence-electron chi connectivity index (χ2n) is 2.56. The summed E-state index contributed by atoms with van der Waals surface area (Å²) in [7, 11) is 0. The van der Waals surface area contributed by atoms with Gasteiger partial charge in [0.1, 0.15) is 5.76 Å². The van der Waals surface area contributed by atoms with Crippen molar-refractivity contribution in [3.05, 3.63) is 23.7 Å². The highest BCUT2D eigenvalue weighted by molar-refractivity contribution is 5.92. The topological polar surface area (TPSA) is 97.4 Å². The van der Waals surface area contributed by atoms with Crippen molar-refractivity contribution in [1.29, 1.82) is 0 Å². The number of hydrogen-bond acceptors (Lipinski definition) is 3. The molecule has 0 fully saturated rings. The number of nitrogens with one attached hydrogen (secondary N) is 2. The summed E-state index contributed by atoms with van der Waals surface area (Å²) >= 11 is 0. The minimum Gasteiger partial charge on any atom is -0.456 e. The van der Waals surface area contributed by atoms with Crippen molar-refractivity contribution in [3.63, 3.8) is 0 Å². The molecule has 0 bridgehead atoms. The van der Waals surface area contributed by atoms with E-state index in [0.717, 1.165) is 0 Å². The van der Waals surface area contributed by atoms with Crippen molar-refractivity contribution < 1.29 is 14.0 Å². The standard InChI is InChI=1S/C8H11N3O3/c1-2-5-3-4-6(14-5)7(12)10-11-8(9)13/h3-4H,2H2,1H3,(H,10,12)(H3,9,11,13). The third kappa shape index (κ3) is 2.51. The van der Waals surface area contributed by atoms with Gasteiger partial charge in [0.15, 0.2) is 5.76 Å². The lowest BCUT2D eigenvalue weighted by atomic mass is 10.3. The Hall–Kier alpha value is -1.98. The van der Waals surface area contributed by atoms with Gasteiger partial charge in [-0.1, -0.05) is 6.92 Å². The molecule has 6 nitrogen and oxygen atoms in total. The summed E-state index contributed by atoms with van der Waals surface area (Å²) in [6, 6.07) is 2.39. The predicted octanol–water partition coefficient (Wildman–Crippen LogP) is 0.155. The van der Waals surface area contributed by atoms with Gasteiger partial charge >= 0.3 is 11.9 Å². The highest BCUT2D eigenvalue weighted by Crippen LogP contribution is 2.07. The molecule has 0 aliphatic heterocycles. The first-order valence-electron chi connectivity index (χ1n) is 4.08. The van der Waals surface area contributed by atoms with Gasteiger partial charge in [0, 0.05) is 6.42 Å². The van der Waals surface area contributed by atoms with Crippen LogP contribution in [0.15, 0.2) is 16.5 Å². The highest BCUT2D eigenvalue weighted by Gasteiger charge is 2.10. The molecule has 0 spiro atoms. The van der Waals surface area contributed by atoms with E-state index < -0.39 is 11.9 Å². The maximum Gasteiger partial charge on any atom is 0.330 e. The predicted molar refractivity (Wildman–Crippen MR) is 48.3 cm³/mol. The van der Waals surface area contributed by atoms with Gasteiger partial charge < -0.3 is 10.2 Å². The number of amides is 3. The molecule has 1 rings (SSSR count). The van der Waals surface area contributed by atoms with Gasteiger partial charge in [-0.05, 0) is 12.1 Å². The lowest BCUT2D eigenvalue weighted by molar-refractivity contribution is 0.0908. The average molecular weight is 197 g/mol. The molecule has 0 saturated heterocycles.